The van der Waals surface area contributed by atoms with Crippen molar-refractivity contribution in [1.29, 1.82) is 0 Å². The molecule has 0 aromatic heterocycles. The summed E-state index contributed by atoms with van der Waals surface area (Å²) in [7, 11) is 1.67. The molecule has 2 amide bonds. The molecule has 0 saturated carbocycles. The standard InChI is InChI=1S/C31H30N2O4/c1-33(29-18-9-8-17-28(29)30(34)32-20-19-24-11-4-2-5-12-24)31(35)25-13-10-16-27(23-25)37-22-21-36-26-14-6-3-7-15-26/h2-18,23H,19-22H2,1H3,(H,32,34). The molecular weight excluding hydrogens is 464 g/mol. The first-order valence-electron chi connectivity index (χ1n) is 12.2. The van der Waals surface area contributed by atoms with Crippen molar-refractivity contribution in [3.8, 4) is 11.5 Å². The molecule has 4 aromatic carbocycles. The van der Waals surface area contributed by atoms with Crippen LogP contribution in [0.5, 0.6) is 11.5 Å². The predicted octanol–water partition coefficient (Wildman–Crippen LogP) is 5.39. The maximum atomic E-state index is 13.3. The number of anilines is 1. The Kier molecular flexibility index (Phi) is 8.92. The predicted molar refractivity (Wildman–Crippen MR) is 146 cm³/mol. The second kappa shape index (κ2) is 12.9. The van der Waals surface area contributed by atoms with Gasteiger partial charge in [0.25, 0.3) is 11.8 Å². The van der Waals surface area contributed by atoms with Crippen LogP contribution in [0.3, 0.4) is 0 Å². The molecule has 0 bridgehead atoms. The third kappa shape index (κ3) is 7.21. The van der Waals surface area contributed by atoms with Crippen molar-refractivity contribution >= 4 is 17.5 Å². The number of rotatable bonds is 11. The summed E-state index contributed by atoms with van der Waals surface area (Å²) >= 11 is 0. The van der Waals surface area contributed by atoms with Gasteiger partial charge < -0.3 is 19.7 Å². The summed E-state index contributed by atoms with van der Waals surface area (Å²) in [6.07, 6.45) is 0.729. The molecule has 4 rings (SSSR count). The molecule has 0 aliphatic carbocycles. The van der Waals surface area contributed by atoms with E-state index in [-0.39, 0.29) is 11.8 Å². The maximum absolute atomic E-state index is 13.3. The maximum Gasteiger partial charge on any atom is 0.258 e. The van der Waals surface area contributed by atoms with Gasteiger partial charge in [-0.1, -0.05) is 66.7 Å². The van der Waals surface area contributed by atoms with Gasteiger partial charge in [0.15, 0.2) is 0 Å². The van der Waals surface area contributed by atoms with Gasteiger partial charge in [-0.2, -0.15) is 0 Å². The zero-order chi connectivity index (χ0) is 25.9. The molecule has 6 heteroatoms. The molecule has 6 nitrogen and oxygen atoms in total. The van der Waals surface area contributed by atoms with Crippen LogP contribution in [-0.2, 0) is 6.42 Å². The van der Waals surface area contributed by atoms with E-state index in [1.165, 1.54) is 4.90 Å². The Morgan fingerprint density at radius 3 is 2.11 bits per heavy atom. The van der Waals surface area contributed by atoms with Crippen molar-refractivity contribution in [2.75, 3.05) is 31.7 Å². The minimum atomic E-state index is -0.240. The van der Waals surface area contributed by atoms with E-state index in [2.05, 4.69) is 5.32 Å². The summed E-state index contributed by atoms with van der Waals surface area (Å²) in [5, 5.41) is 2.96. The molecule has 0 fully saturated rings. The molecule has 0 unspecified atom stereocenters. The fourth-order valence-corrected chi connectivity index (χ4v) is 3.88. The topological polar surface area (TPSA) is 67.9 Å². The van der Waals surface area contributed by atoms with Gasteiger partial charge in [-0.15, -0.1) is 0 Å². The van der Waals surface area contributed by atoms with Crippen LogP contribution in [0.25, 0.3) is 0 Å². The van der Waals surface area contributed by atoms with Crippen LogP contribution in [0, 0.1) is 0 Å². The highest BCUT2D eigenvalue weighted by atomic mass is 16.5. The first-order chi connectivity index (χ1) is 18.1. The number of ether oxygens (including phenoxy) is 2. The minimum absolute atomic E-state index is 0.221. The van der Waals surface area contributed by atoms with Gasteiger partial charge >= 0.3 is 0 Å². The lowest BCUT2D eigenvalue weighted by Crippen LogP contribution is -2.31. The zero-order valence-corrected chi connectivity index (χ0v) is 20.8. The fourth-order valence-electron chi connectivity index (χ4n) is 3.88. The van der Waals surface area contributed by atoms with E-state index in [9.17, 15) is 9.59 Å². The molecule has 0 aliphatic rings. The van der Waals surface area contributed by atoms with Crippen molar-refractivity contribution in [3.05, 3.63) is 126 Å². The Balaban J connectivity index is 1.36. The van der Waals surface area contributed by atoms with Crippen LogP contribution >= 0.6 is 0 Å². The lowest BCUT2D eigenvalue weighted by Gasteiger charge is -2.21. The van der Waals surface area contributed by atoms with E-state index < -0.39 is 0 Å². The molecule has 188 valence electrons. The Bertz CT molecular complexity index is 1310. The smallest absolute Gasteiger partial charge is 0.258 e. The van der Waals surface area contributed by atoms with E-state index in [1.54, 1.807) is 49.5 Å². The number of hydrogen-bond donors (Lipinski definition) is 1. The highest BCUT2D eigenvalue weighted by molar-refractivity contribution is 6.10. The van der Waals surface area contributed by atoms with Gasteiger partial charge in [0.05, 0.1) is 11.3 Å². The third-order valence-electron chi connectivity index (χ3n) is 5.80. The number of carbonyl (C=O) groups is 2. The number of carbonyl (C=O) groups excluding carboxylic acids is 2. The summed E-state index contributed by atoms with van der Waals surface area (Å²) in [6, 6.07) is 33.6. The monoisotopic (exact) mass is 494 g/mol. The van der Waals surface area contributed by atoms with Gasteiger partial charge in [-0.05, 0) is 54.4 Å². The fraction of sp³-hybridized carbons (Fsp3) is 0.161. The first-order valence-corrected chi connectivity index (χ1v) is 12.2. The summed E-state index contributed by atoms with van der Waals surface area (Å²) in [5.74, 6) is 0.888. The number of hydrogen-bond acceptors (Lipinski definition) is 4. The van der Waals surface area contributed by atoms with Crippen molar-refractivity contribution < 1.29 is 19.1 Å². The second-order valence-corrected chi connectivity index (χ2v) is 8.41. The Hall–Kier alpha value is -4.58. The van der Waals surface area contributed by atoms with Crippen molar-refractivity contribution in [2.45, 2.75) is 6.42 Å². The van der Waals surface area contributed by atoms with Crippen LogP contribution in [0.4, 0.5) is 5.69 Å². The number of nitrogens with zero attached hydrogens (tertiary/aromatic N) is 1. The molecule has 1 N–H and O–H groups in total. The number of benzene rings is 4. The Morgan fingerprint density at radius 1 is 0.730 bits per heavy atom. The molecule has 4 aromatic rings. The van der Waals surface area contributed by atoms with Gasteiger partial charge in [-0.3, -0.25) is 9.59 Å². The summed E-state index contributed by atoms with van der Waals surface area (Å²) in [6.45, 7) is 1.23. The molecule has 0 aliphatic heterocycles. The molecule has 0 radical (unpaired) electrons. The third-order valence-corrected chi connectivity index (χ3v) is 5.80. The molecule has 0 saturated heterocycles. The second-order valence-electron chi connectivity index (χ2n) is 8.41. The molecule has 0 heterocycles. The lowest BCUT2D eigenvalue weighted by atomic mass is 10.1. The van der Waals surface area contributed by atoms with Crippen molar-refractivity contribution in [3.63, 3.8) is 0 Å². The summed E-state index contributed by atoms with van der Waals surface area (Å²) in [5.41, 5.74) is 2.59. The SMILES string of the molecule is CN(C(=O)c1cccc(OCCOc2ccccc2)c1)c1ccccc1C(=O)NCCc1ccccc1. The minimum Gasteiger partial charge on any atom is -0.490 e. The van der Waals surface area contributed by atoms with Crippen LogP contribution < -0.4 is 19.7 Å². The van der Waals surface area contributed by atoms with E-state index >= 15 is 0 Å². The van der Waals surface area contributed by atoms with E-state index in [0.717, 1.165) is 17.7 Å². The zero-order valence-electron chi connectivity index (χ0n) is 20.8. The molecule has 37 heavy (non-hydrogen) atoms. The number of para-hydroxylation sites is 2. The Labute approximate surface area is 217 Å². The van der Waals surface area contributed by atoms with Crippen molar-refractivity contribution in [2.24, 2.45) is 0 Å². The molecular formula is C31H30N2O4. The highest BCUT2D eigenvalue weighted by Crippen LogP contribution is 2.23. The first kappa shape index (κ1) is 25.5. The molecule has 0 atom stereocenters. The molecule has 0 spiro atoms. The largest absolute Gasteiger partial charge is 0.490 e. The van der Waals surface area contributed by atoms with E-state index in [4.69, 9.17) is 9.47 Å². The Morgan fingerprint density at radius 2 is 1.35 bits per heavy atom. The average Bonchev–Trinajstić information content (AvgIpc) is 2.96. The van der Waals surface area contributed by atoms with Gasteiger partial charge in [-0.25, -0.2) is 0 Å². The van der Waals surface area contributed by atoms with Gasteiger partial charge in [0, 0.05) is 19.2 Å². The summed E-state index contributed by atoms with van der Waals surface area (Å²) < 4.78 is 11.4. The van der Waals surface area contributed by atoms with Gasteiger partial charge in [0.1, 0.15) is 24.7 Å². The lowest BCUT2D eigenvalue weighted by molar-refractivity contribution is 0.0954. The normalized spacial score (nSPS) is 10.4. The van der Waals surface area contributed by atoms with Crippen LogP contribution in [0.15, 0.2) is 109 Å². The quantitative estimate of drug-likeness (QED) is 0.284. The van der Waals surface area contributed by atoms with Crippen LogP contribution in [-0.4, -0.2) is 38.6 Å². The van der Waals surface area contributed by atoms with Crippen LogP contribution in [0.2, 0.25) is 0 Å². The number of nitrogens with one attached hydrogen (secondary N) is 1. The average molecular weight is 495 g/mol. The number of amides is 2. The van der Waals surface area contributed by atoms with Crippen LogP contribution in [0.1, 0.15) is 26.3 Å². The van der Waals surface area contributed by atoms with E-state index in [1.807, 2.05) is 66.7 Å². The van der Waals surface area contributed by atoms with Crippen molar-refractivity contribution in [1.82, 2.24) is 5.32 Å². The highest BCUT2D eigenvalue weighted by Gasteiger charge is 2.20. The van der Waals surface area contributed by atoms with Gasteiger partial charge in [0.2, 0.25) is 0 Å². The summed E-state index contributed by atoms with van der Waals surface area (Å²) in [4.78, 5) is 27.7. The van der Waals surface area contributed by atoms with E-state index in [0.29, 0.717) is 42.3 Å².